The minimum Gasteiger partial charge on any atom is -0.482 e. The van der Waals surface area contributed by atoms with Crippen molar-refractivity contribution >= 4 is 32.9 Å². The molecule has 2 aromatic carbocycles. The number of ether oxygens (including phenoxy) is 2. The van der Waals surface area contributed by atoms with Crippen LogP contribution in [0.3, 0.4) is 0 Å². The molecule has 0 atom stereocenters. The molecule has 0 aliphatic rings. The number of carbonyl (C=O) groups excluding carboxylic acids is 1. The number of benzene rings is 2. The molecule has 5 nitrogen and oxygen atoms in total. The Hall–Kier alpha value is -2.81. The zero-order valence-corrected chi connectivity index (χ0v) is 16.6. The van der Waals surface area contributed by atoms with Crippen molar-refractivity contribution in [2.24, 2.45) is 0 Å². The van der Waals surface area contributed by atoms with Crippen LogP contribution in [0.15, 0.2) is 56.1 Å². The number of halogens is 4. The van der Waals surface area contributed by atoms with Crippen LogP contribution in [0, 0.1) is 0 Å². The van der Waals surface area contributed by atoms with Gasteiger partial charge in [-0.15, -0.1) is 0 Å². The monoisotopic (exact) mass is 470 g/mol. The third-order valence-corrected chi connectivity index (χ3v) is 4.44. The molecule has 0 radical (unpaired) electrons. The van der Waals surface area contributed by atoms with Crippen molar-refractivity contribution in [1.82, 2.24) is 0 Å². The molecule has 1 heterocycles. The van der Waals surface area contributed by atoms with Crippen molar-refractivity contribution in [1.29, 1.82) is 0 Å². The van der Waals surface area contributed by atoms with Crippen LogP contribution in [-0.4, -0.2) is 19.2 Å². The van der Waals surface area contributed by atoms with Crippen LogP contribution in [0.2, 0.25) is 0 Å². The second kappa shape index (κ2) is 8.28. The van der Waals surface area contributed by atoms with Gasteiger partial charge in [-0.05, 0) is 36.8 Å². The van der Waals surface area contributed by atoms with Gasteiger partial charge in [-0.25, -0.2) is 4.79 Å². The Morgan fingerprint density at radius 2 is 1.83 bits per heavy atom. The van der Waals surface area contributed by atoms with Gasteiger partial charge in [-0.2, -0.15) is 13.2 Å². The normalized spacial score (nSPS) is 11.5. The number of rotatable bonds is 5. The lowest BCUT2D eigenvalue weighted by Gasteiger charge is -2.13. The van der Waals surface area contributed by atoms with Crippen LogP contribution in [0.25, 0.3) is 22.1 Å². The van der Waals surface area contributed by atoms with Crippen molar-refractivity contribution in [3.8, 4) is 16.9 Å². The maximum absolute atomic E-state index is 13.6. The average molecular weight is 471 g/mol. The first-order chi connectivity index (χ1) is 13.7. The molecule has 3 rings (SSSR count). The molecular formula is C20H14BrF3O5. The highest BCUT2D eigenvalue weighted by Gasteiger charge is 2.39. The summed E-state index contributed by atoms with van der Waals surface area (Å²) in [6.45, 7) is 1.37. The van der Waals surface area contributed by atoms with E-state index in [-0.39, 0.29) is 28.9 Å². The minimum absolute atomic E-state index is 0.0422. The average Bonchev–Trinajstić information content (AvgIpc) is 2.66. The molecule has 1 aromatic heterocycles. The molecule has 0 saturated carbocycles. The molecule has 152 valence electrons. The van der Waals surface area contributed by atoms with Gasteiger partial charge in [0, 0.05) is 10.5 Å². The first-order valence-electron chi connectivity index (χ1n) is 8.43. The Labute approximate surface area is 171 Å². The highest BCUT2D eigenvalue weighted by molar-refractivity contribution is 9.10. The third-order valence-electron chi connectivity index (χ3n) is 3.92. The summed E-state index contributed by atoms with van der Waals surface area (Å²) in [6.07, 6.45) is -4.89. The van der Waals surface area contributed by atoms with Crippen molar-refractivity contribution < 1.29 is 31.9 Å². The number of hydrogen-bond acceptors (Lipinski definition) is 5. The van der Waals surface area contributed by atoms with E-state index in [4.69, 9.17) is 13.9 Å². The fourth-order valence-electron chi connectivity index (χ4n) is 2.69. The molecule has 9 heteroatoms. The summed E-state index contributed by atoms with van der Waals surface area (Å²) in [7, 11) is 0. The van der Waals surface area contributed by atoms with E-state index in [1.807, 2.05) is 0 Å². The molecular weight excluding hydrogens is 457 g/mol. The Morgan fingerprint density at radius 1 is 1.14 bits per heavy atom. The van der Waals surface area contributed by atoms with Crippen LogP contribution in [0.5, 0.6) is 5.75 Å². The van der Waals surface area contributed by atoms with Crippen molar-refractivity contribution in [3.63, 3.8) is 0 Å². The van der Waals surface area contributed by atoms with Crippen molar-refractivity contribution in [3.05, 3.63) is 62.9 Å². The predicted octanol–water partition coefficient (Wildman–Crippen LogP) is 5.18. The van der Waals surface area contributed by atoms with Crippen LogP contribution >= 0.6 is 15.9 Å². The molecule has 0 bridgehead atoms. The van der Waals surface area contributed by atoms with E-state index in [0.717, 1.165) is 6.07 Å². The molecule has 0 N–H and O–H groups in total. The summed E-state index contributed by atoms with van der Waals surface area (Å²) in [5.74, 6) is -1.96. The van der Waals surface area contributed by atoms with E-state index in [9.17, 15) is 22.8 Å². The molecule has 0 aliphatic carbocycles. The number of hydrogen-bond donors (Lipinski definition) is 0. The van der Waals surface area contributed by atoms with Gasteiger partial charge in [0.2, 0.25) is 11.2 Å². The summed E-state index contributed by atoms with van der Waals surface area (Å²) >= 11 is 3.21. The lowest BCUT2D eigenvalue weighted by molar-refractivity contribution is -0.152. The smallest absolute Gasteiger partial charge is 0.450 e. The van der Waals surface area contributed by atoms with Crippen LogP contribution in [-0.2, 0) is 15.7 Å². The highest BCUT2D eigenvalue weighted by Crippen LogP contribution is 2.38. The van der Waals surface area contributed by atoms with E-state index in [1.165, 1.54) is 36.4 Å². The fraction of sp³-hybridized carbons (Fsp3) is 0.200. The Bertz CT molecular complexity index is 1100. The number of esters is 1. The molecule has 0 amide bonds. The molecule has 0 fully saturated rings. The van der Waals surface area contributed by atoms with E-state index in [0.29, 0.717) is 4.47 Å². The maximum Gasteiger partial charge on any atom is 0.450 e. The van der Waals surface area contributed by atoms with Gasteiger partial charge in [0.1, 0.15) is 11.3 Å². The quantitative estimate of drug-likeness (QED) is 0.480. The topological polar surface area (TPSA) is 65.7 Å². The lowest BCUT2D eigenvalue weighted by atomic mass is 10.0. The molecule has 0 spiro atoms. The second-order valence-electron chi connectivity index (χ2n) is 5.89. The maximum atomic E-state index is 13.6. The zero-order chi connectivity index (χ0) is 21.2. The SMILES string of the molecule is CCOC(=O)COc1ccc2c(=O)c(-c3ccc(Br)cc3)c(C(F)(F)F)oc2c1. The number of alkyl halides is 3. The van der Waals surface area contributed by atoms with Crippen LogP contribution in [0.4, 0.5) is 13.2 Å². The summed E-state index contributed by atoms with van der Waals surface area (Å²) < 4.78 is 56.5. The molecule has 3 aromatic rings. The largest absolute Gasteiger partial charge is 0.482 e. The molecule has 0 unspecified atom stereocenters. The zero-order valence-electron chi connectivity index (χ0n) is 15.0. The number of carbonyl (C=O) groups is 1. The van der Waals surface area contributed by atoms with Crippen LogP contribution < -0.4 is 10.2 Å². The predicted molar refractivity (Wildman–Crippen MR) is 103 cm³/mol. The first kappa shape index (κ1) is 20.9. The van der Waals surface area contributed by atoms with Crippen molar-refractivity contribution in [2.75, 3.05) is 13.2 Å². The van der Waals surface area contributed by atoms with Gasteiger partial charge in [-0.3, -0.25) is 4.79 Å². The van der Waals surface area contributed by atoms with Crippen molar-refractivity contribution in [2.45, 2.75) is 13.1 Å². The van der Waals surface area contributed by atoms with Gasteiger partial charge >= 0.3 is 12.1 Å². The molecule has 0 aliphatic heterocycles. The minimum atomic E-state index is -4.89. The second-order valence-corrected chi connectivity index (χ2v) is 6.81. The summed E-state index contributed by atoms with van der Waals surface area (Å²) in [6, 6.07) is 9.66. The fourth-order valence-corrected chi connectivity index (χ4v) is 2.95. The standard InChI is InChI=1S/C20H14BrF3O5/c1-2-27-16(25)10-28-13-7-8-14-15(9-13)29-19(20(22,23)24)17(18(14)26)11-3-5-12(21)6-4-11/h3-9H,2,10H2,1H3. The van der Waals surface area contributed by atoms with E-state index < -0.39 is 35.5 Å². The van der Waals surface area contributed by atoms with Crippen LogP contribution in [0.1, 0.15) is 12.7 Å². The van der Waals surface area contributed by atoms with Gasteiger partial charge in [0.05, 0.1) is 17.6 Å². The van der Waals surface area contributed by atoms with Gasteiger partial charge in [-0.1, -0.05) is 28.1 Å². The molecule has 29 heavy (non-hydrogen) atoms. The summed E-state index contributed by atoms with van der Waals surface area (Å²) in [5, 5.41) is -0.0422. The van der Waals surface area contributed by atoms with Gasteiger partial charge in [0.25, 0.3) is 0 Å². The highest BCUT2D eigenvalue weighted by atomic mass is 79.9. The summed E-state index contributed by atoms with van der Waals surface area (Å²) in [4.78, 5) is 24.2. The Balaban J connectivity index is 2.12. The van der Waals surface area contributed by atoms with E-state index >= 15 is 0 Å². The van der Waals surface area contributed by atoms with E-state index in [1.54, 1.807) is 6.92 Å². The number of fused-ring (bicyclic) bond motifs is 1. The van der Waals surface area contributed by atoms with Gasteiger partial charge in [0.15, 0.2) is 6.61 Å². The Morgan fingerprint density at radius 3 is 2.45 bits per heavy atom. The third kappa shape index (κ3) is 4.61. The van der Waals surface area contributed by atoms with Gasteiger partial charge < -0.3 is 13.9 Å². The lowest BCUT2D eigenvalue weighted by Crippen LogP contribution is -2.16. The Kier molecular flexibility index (Phi) is 5.97. The van der Waals surface area contributed by atoms with E-state index in [2.05, 4.69) is 15.9 Å². The first-order valence-corrected chi connectivity index (χ1v) is 9.22. The molecule has 0 saturated heterocycles. The summed E-state index contributed by atoms with van der Waals surface area (Å²) in [5.41, 5.74) is -1.61.